The molecule has 0 spiro atoms. The number of ketones is 1. The SMILES string of the molecule is CC.CC.CC.CC(=O)c1ccccc1Br.CC1OB(O)c2ccccc21.COCOC(C)c1ccccc1Br.[C-]#[N+]c1ccc(Br)c(C)c1. The average molecular weight is 878 g/mol. The van der Waals surface area contributed by atoms with Gasteiger partial charge in [0.25, 0.3) is 0 Å². The van der Waals surface area contributed by atoms with Gasteiger partial charge in [-0.3, -0.25) is 4.79 Å². The first-order valence-corrected chi connectivity index (χ1v) is 19.0. The predicted octanol–water partition coefficient (Wildman–Crippen LogP) is 12.6. The fourth-order valence-electron chi connectivity index (χ4n) is 3.96. The number of methoxy groups -OCH3 is 1. The number of Topliss-reactive ketones (excluding diaryl/α,β-unsaturated/α-hetero) is 1. The highest BCUT2D eigenvalue weighted by atomic mass is 79.9. The number of carbonyl (C=O) groups excluding carboxylic acids is 1. The first-order chi connectivity index (χ1) is 24.0. The van der Waals surface area contributed by atoms with E-state index in [1.54, 1.807) is 26.2 Å². The van der Waals surface area contributed by atoms with E-state index in [2.05, 4.69) is 52.6 Å². The third-order valence-electron chi connectivity index (χ3n) is 6.34. The fraction of sp³-hybridized carbons (Fsp3) is 0.350. The van der Waals surface area contributed by atoms with Crippen LogP contribution in [0.3, 0.4) is 0 Å². The highest BCUT2D eigenvalue weighted by molar-refractivity contribution is 9.11. The highest BCUT2D eigenvalue weighted by Gasteiger charge is 2.31. The summed E-state index contributed by atoms with van der Waals surface area (Å²) < 4.78 is 18.4. The number of halogens is 3. The zero-order valence-electron chi connectivity index (χ0n) is 31.3. The Bertz CT molecular complexity index is 1520. The van der Waals surface area contributed by atoms with Crippen LogP contribution in [0.4, 0.5) is 5.69 Å². The predicted molar refractivity (Wildman–Crippen MR) is 222 cm³/mol. The fourth-order valence-corrected chi connectivity index (χ4v) is 5.37. The first-order valence-electron chi connectivity index (χ1n) is 16.7. The minimum Gasteiger partial charge on any atom is -0.423 e. The number of aryl methyl sites for hydroxylation is 1. The van der Waals surface area contributed by atoms with Crippen LogP contribution in [0.2, 0.25) is 0 Å². The van der Waals surface area contributed by atoms with E-state index in [9.17, 15) is 9.82 Å². The molecule has 1 aliphatic rings. The van der Waals surface area contributed by atoms with E-state index in [1.807, 2.05) is 141 Å². The van der Waals surface area contributed by atoms with Crippen molar-refractivity contribution < 1.29 is 23.9 Å². The number of hydrogen-bond acceptors (Lipinski definition) is 5. The Morgan fingerprint density at radius 3 is 1.90 bits per heavy atom. The van der Waals surface area contributed by atoms with Crippen LogP contribution in [0, 0.1) is 13.5 Å². The van der Waals surface area contributed by atoms with E-state index in [0.717, 1.165) is 41.1 Å². The van der Waals surface area contributed by atoms with E-state index in [1.165, 1.54) is 0 Å². The molecule has 5 rings (SSSR count). The van der Waals surface area contributed by atoms with E-state index in [0.29, 0.717) is 12.5 Å². The smallest absolute Gasteiger partial charge is 0.423 e. The van der Waals surface area contributed by atoms with E-state index in [4.69, 9.17) is 20.7 Å². The molecular weight excluding hydrogens is 825 g/mol. The van der Waals surface area contributed by atoms with Crippen LogP contribution in [0.25, 0.3) is 4.85 Å². The van der Waals surface area contributed by atoms with Gasteiger partial charge in [0.15, 0.2) is 11.5 Å². The Hall–Kier alpha value is -2.62. The van der Waals surface area contributed by atoms with Crippen molar-refractivity contribution in [1.29, 1.82) is 0 Å². The zero-order valence-corrected chi connectivity index (χ0v) is 36.0. The average Bonchev–Trinajstić information content (AvgIpc) is 3.44. The van der Waals surface area contributed by atoms with Crippen LogP contribution in [0.15, 0.2) is 104 Å². The van der Waals surface area contributed by atoms with Gasteiger partial charge >= 0.3 is 7.12 Å². The molecule has 0 saturated carbocycles. The summed E-state index contributed by atoms with van der Waals surface area (Å²) in [6, 6.07) is 28.7. The lowest BCUT2D eigenvalue weighted by molar-refractivity contribution is -0.0668. The second kappa shape index (κ2) is 30.1. The second-order valence-electron chi connectivity index (χ2n) is 9.58. The molecule has 1 aliphatic heterocycles. The van der Waals surface area contributed by atoms with E-state index >= 15 is 0 Å². The molecule has 10 heteroatoms. The lowest BCUT2D eigenvalue weighted by atomic mass is 9.79. The summed E-state index contributed by atoms with van der Waals surface area (Å²) in [4.78, 5) is 14.1. The summed E-state index contributed by atoms with van der Waals surface area (Å²) >= 11 is 10.1. The molecule has 4 aromatic rings. The number of hydrogen-bond donors (Lipinski definition) is 1. The van der Waals surface area contributed by atoms with Crippen molar-refractivity contribution in [3.05, 3.63) is 138 Å². The van der Waals surface area contributed by atoms with Crippen molar-refractivity contribution >= 4 is 71.8 Å². The van der Waals surface area contributed by atoms with Gasteiger partial charge in [-0.2, -0.15) is 0 Å². The standard InChI is InChI=1S/C10H13BrO2.C8H9BO2.C8H6BrN.C8H7BrO.3C2H6/c1-8(13-7-12-2)9-5-3-4-6-10(9)11;1-6-7-4-2-3-5-8(7)9(10)11-6;1-6-5-7(10-2)3-4-8(6)9;1-6(10)7-4-2-3-5-8(7)9;3*1-2/h3-6,8H,7H2,1-2H3;2-6,10H,1H3;3-5H,1H3;2-5H,1H3;3*1-2H3. The number of carbonyl (C=O) groups is 1. The van der Waals surface area contributed by atoms with E-state index in [-0.39, 0.29) is 18.0 Å². The van der Waals surface area contributed by atoms with Gasteiger partial charge in [-0.25, -0.2) is 4.85 Å². The summed E-state index contributed by atoms with van der Waals surface area (Å²) in [7, 11) is 0.897. The number of nitrogens with zero attached hydrogens (tertiary/aromatic N) is 1. The van der Waals surface area contributed by atoms with Gasteiger partial charge in [-0.05, 0) is 62.0 Å². The van der Waals surface area contributed by atoms with Crippen LogP contribution < -0.4 is 5.46 Å². The van der Waals surface area contributed by atoms with Gasteiger partial charge < -0.3 is 19.2 Å². The Balaban J connectivity index is 0. The maximum atomic E-state index is 10.8. The molecule has 0 fully saturated rings. The topological polar surface area (TPSA) is 69.4 Å². The number of benzene rings is 4. The van der Waals surface area contributed by atoms with Gasteiger partial charge in [-0.15, -0.1) is 0 Å². The number of rotatable bonds is 5. The molecule has 0 amide bonds. The van der Waals surface area contributed by atoms with Crippen molar-refractivity contribution in [2.24, 2.45) is 0 Å². The molecule has 0 aromatic heterocycles. The summed E-state index contributed by atoms with van der Waals surface area (Å²) in [5.74, 6) is 0.0903. The summed E-state index contributed by atoms with van der Waals surface area (Å²) in [5.41, 5.74) is 5.68. The monoisotopic (exact) mass is 875 g/mol. The van der Waals surface area contributed by atoms with Crippen molar-refractivity contribution in [1.82, 2.24) is 0 Å². The van der Waals surface area contributed by atoms with Gasteiger partial charge in [0, 0.05) is 26.1 Å². The number of fused-ring (bicyclic) bond motifs is 1. The van der Waals surface area contributed by atoms with Crippen LogP contribution >= 0.6 is 47.8 Å². The summed E-state index contributed by atoms with van der Waals surface area (Å²) in [6.07, 6.45) is 0.0803. The van der Waals surface area contributed by atoms with Crippen molar-refractivity contribution in [3.8, 4) is 0 Å². The molecule has 0 radical (unpaired) electrons. The Morgan fingerprint density at radius 2 is 1.42 bits per heavy atom. The van der Waals surface area contributed by atoms with E-state index < -0.39 is 7.12 Å². The van der Waals surface area contributed by atoms with Crippen LogP contribution in [-0.4, -0.2) is 31.8 Å². The highest BCUT2D eigenvalue weighted by Crippen LogP contribution is 2.25. The van der Waals surface area contributed by atoms with Crippen molar-refractivity contribution in [2.75, 3.05) is 13.9 Å². The molecule has 4 aromatic carbocycles. The molecule has 0 saturated heterocycles. The van der Waals surface area contributed by atoms with Gasteiger partial charge in [0.1, 0.15) is 6.79 Å². The number of ether oxygens (including phenoxy) is 2. The minimum absolute atomic E-state index is 0.0289. The molecule has 272 valence electrons. The van der Waals surface area contributed by atoms with Gasteiger partial charge in [0.05, 0.1) is 18.8 Å². The third kappa shape index (κ3) is 18.6. The van der Waals surface area contributed by atoms with Crippen molar-refractivity contribution in [3.63, 3.8) is 0 Å². The minimum atomic E-state index is -0.721. The van der Waals surface area contributed by atoms with Gasteiger partial charge in [0.2, 0.25) is 0 Å². The molecule has 6 nitrogen and oxygen atoms in total. The lowest BCUT2D eigenvalue weighted by Gasteiger charge is -2.13. The molecule has 50 heavy (non-hydrogen) atoms. The largest absolute Gasteiger partial charge is 0.491 e. The molecule has 1 heterocycles. The summed E-state index contributed by atoms with van der Waals surface area (Å²) in [6.45, 7) is 26.5. The maximum absolute atomic E-state index is 10.8. The molecule has 2 unspecified atom stereocenters. The molecule has 0 bridgehead atoms. The Labute approximate surface area is 327 Å². The van der Waals surface area contributed by atoms with Crippen molar-refractivity contribution in [2.45, 2.75) is 81.4 Å². The molecule has 1 N–H and O–H groups in total. The lowest BCUT2D eigenvalue weighted by Crippen LogP contribution is -2.27. The summed E-state index contributed by atoms with van der Waals surface area (Å²) in [5, 5.41) is 9.33. The zero-order chi connectivity index (χ0) is 38.6. The normalized spacial score (nSPS) is 12.2. The van der Waals surface area contributed by atoms with Crippen LogP contribution in [-0.2, 0) is 14.1 Å². The van der Waals surface area contributed by atoms with Gasteiger partial charge in [-0.1, -0.05) is 168 Å². The maximum Gasteiger partial charge on any atom is 0.491 e. The third-order valence-corrected chi connectivity index (χ3v) is 8.64. The van der Waals surface area contributed by atoms with Crippen LogP contribution in [0.1, 0.15) is 102 Å². The Kier molecular flexibility index (Phi) is 29.7. The molecular formula is C40H53BBr3NO5. The quantitative estimate of drug-likeness (QED) is 0.0936. The first kappa shape index (κ1) is 49.5. The Morgan fingerprint density at radius 1 is 0.880 bits per heavy atom. The molecule has 2 atom stereocenters. The van der Waals surface area contributed by atoms with Crippen LogP contribution in [0.5, 0.6) is 0 Å². The second-order valence-corrected chi connectivity index (χ2v) is 12.1. The molecule has 0 aliphatic carbocycles.